The molecule has 0 unspecified atom stereocenters. The molecule has 0 atom stereocenters. The zero-order valence-corrected chi connectivity index (χ0v) is 22.7. The van der Waals surface area contributed by atoms with Crippen LogP contribution in [0.25, 0.3) is 0 Å². The Balaban J connectivity index is 1.44. The van der Waals surface area contributed by atoms with Gasteiger partial charge in [0, 0.05) is 24.5 Å². The minimum Gasteiger partial charge on any atom is -0.497 e. The number of para-hydroxylation sites is 2. The number of hydrogen-bond donors (Lipinski definition) is 2. The summed E-state index contributed by atoms with van der Waals surface area (Å²) in [6.45, 7) is 2.06. The number of carbonyl (C=O) groups excluding carboxylic acids is 1. The van der Waals surface area contributed by atoms with Crippen LogP contribution in [0.3, 0.4) is 0 Å². The summed E-state index contributed by atoms with van der Waals surface area (Å²) in [5, 5.41) is 2.84. The van der Waals surface area contributed by atoms with Crippen LogP contribution < -0.4 is 24.4 Å². The molecule has 0 aromatic heterocycles. The molecule has 0 aliphatic carbocycles. The van der Waals surface area contributed by atoms with E-state index in [4.69, 9.17) is 14.2 Å². The first-order chi connectivity index (χ1) is 19.4. The SMILES string of the molecule is COc1ccc(NS(=O)(=O)c2cc(NC(=O)c3ccccc3Oc3ccccc3)ccc2N2CCOCC2)cc1. The summed E-state index contributed by atoms with van der Waals surface area (Å²) in [5.74, 6) is 1.15. The number of carbonyl (C=O) groups is 1. The highest BCUT2D eigenvalue weighted by Crippen LogP contribution is 2.32. The molecule has 1 aliphatic heterocycles. The molecular weight excluding hydrogens is 530 g/mol. The van der Waals surface area contributed by atoms with Gasteiger partial charge in [0.15, 0.2) is 0 Å². The first-order valence-corrected chi connectivity index (χ1v) is 14.2. The molecule has 1 fully saturated rings. The Labute approximate surface area is 233 Å². The third kappa shape index (κ3) is 6.36. The molecule has 0 saturated carbocycles. The van der Waals surface area contributed by atoms with Crippen molar-refractivity contribution in [2.75, 3.05) is 48.4 Å². The normalized spacial score (nSPS) is 13.4. The third-order valence-electron chi connectivity index (χ3n) is 6.30. The molecule has 4 aromatic carbocycles. The number of nitrogens with one attached hydrogen (secondary N) is 2. The molecule has 4 aromatic rings. The summed E-state index contributed by atoms with van der Waals surface area (Å²) in [5.41, 5.74) is 1.54. The molecule has 206 valence electrons. The second-order valence-corrected chi connectivity index (χ2v) is 10.6. The third-order valence-corrected chi connectivity index (χ3v) is 7.71. The second kappa shape index (κ2) is 12.1. The van der Waals surface area contributed by atoms with Crippen LogP contribution in [0.4, 0.5) is 17.1 Å². The molecule has 1 saturated heterocycles. The van der Waals surface area contributed by atoms with E-state index in [0.717, 1.165) is 0 Å². The second-order valence-electron chi connectivity index (χ2n) is 8.98. The van der Waals surface area contributed by atoms with Crippen LogP contribution in [-0.2, 0) is 14.8 Å². The molecule has 0 spiro atoms. The van der Waals surface area contributed by atoms with Crippen LogP contribution >= 0.6 is 0 Å². The van der Waals surface area contributed by atoms with Crippen molar-refractivity contribution in [1.82, 2.24) is 0 Å². The standard InChI is InChI=1S/C30H29N3O6S/c1-37-24-14-11-22(12-15-24)32-40(35,36)29-21-23(13-16-27(29)33-17-19-38-20-18-33)31-30(34)26-9-5-6-10-28(26)39-25-7-3-2-4-8-25/h2-16,21,32H,17-20H2,1H3,(H,31,34). The van der Waals surface area contributed by atoms with E-state index < -0.39 is 15.9 Å². The maximum Gasteiger partial charge on any atom is 0.264 e. The Morgan fingerprint density at radius 2 is 1.50 bits per heavy atom. The topological polar surface area (TPSA) is 106 Å². The lowest BCUT2D eigenvalue weighted by Crippen LogP contribution is -2.37. The van der Waals surface area contributed by atoms with Crippen molar-refractivity contribution in [1.29, 1.82) is 0 Å². The van der Waals surface area contributed by atoms with E-state index in [0.29, 0.717) is 66.2 Å². The molecular formula is C30H29N3O6S. The molecule has 1 heterocycles. The van der Waals surface area contributed by atoms with Gasteiger partial charge in [-0.1, -0.05) is 30.3 Å². The van der Waals surface area contributed by atoms with Crippen LogP contribution in [0.2, 0.25) is 0 Å². The van der Waals surface area contributed by atoms with Gasteiger partial charge in [-0.3, -0.25) is 9.52 Å². The maximum absolute atomic E-state index is 13.7. The summed E-state index contributed by atoms with van der Waals surface area (Å²) in [6, 6.07) is 27.5. The Hall–Kier alpha value is -4.54. The maximum atomic E-state index is 13.7. The summed E-state index contributed by atoms with van der Waals surface area (Å²) in [7, 11) is -2.49. The number of nitrogens with zero attached hydrogens (tertiary/aromatic N) is 1. The smallest absolute Gasteiger partial charge is 0.264 e. The fourth-order valence-electron chi connectivity index (χ4n) is 4.30. The Morgan fingerprint density at radius 1 is 0.825 bits per heavy atom. The Morgan fingerprint density at radius 3 is 2.23 bits per heavy atom. The lowest BCUT2D eigenvalue weighted by Gasteiger charge is -2.30. The number of morpholine rings is 1. The first-order valence-electron chi connectivity index (χ1n) is 12.7. The van der Waals surface area contributed by atoms with Gasteiger partial charge >= 0.3 is 0 Å². The predicted molar refractivity (Wildman–Crippen MR) is 154 cm³/mol. The van der Waals surface area contributed by atoms with Gasteiger partial charge in [-0.25, -0.2) is 8.42 Å². The number of amides is 1. The van der Waals surface area contributed by atoms with Crippen molar-refractivity contribution in [3.8, 4) is 17.2 Å². The van der Waals surface area contributed by atoms with Gasteiger partial charge in [-0.15, -0.1) is 0 Å². The highest BCUT2D eigenvalue weighted by Gasteiger charge is 2.25. The van der Waals surface area contributed by atoms with E-state index in [1.165, 1.54) is 6.07 Å². The number of ether oxygens (including phenoxy) is 3. The van der Waals surface area contributed by atoms with E-state index in [1.54, 1.807) is 79.9 Å². The zero-order chi connectivity index (χ0) is 28.0. The number of methoxy groups -OCH3 is 1. The van der Waals surface area contributed by atoms with E-state index >= 15 is 0 Å². The van der Waals surface area contributed by atoms with E-state index in [-0.39, 0.29) is 4.90 Å². The molecule has 5 rings (SSSR count). The molecule has 0 radical (unpaired) electrons. The van der Waals surface area contributed by atoms with Gasteiger partial charge in [-0.05, 0) is 66.7 Å². The van der Waals surface area contributed by atoms with Crippen molar-refractivity contribution in [3.63, 3.8) is 0 Å². The van der Waals surface area contributed by atoms with Crippen LogP contribution in [0, 0.1) is 0 Å². The lowest BCUT2D eigenvalue weighted by molar-refractivity contribution is 0.102. The Kier molecular flexibility index (Phi) is 8.18. The van der Waals surface area contributed by atoms with Gasteiger partial charge in [-0.2, -0.15) is 0 Å². The van der Waals surface area contributed by atoms with Gasteiger partial charge in [0.1, 0.15) is 22.1 Å². The number of rotatable bonds is 9. The summed E-state index contributed by atoms with van der Waals surface area (Å²) in [4.78, 5) is 15.3. The van der Waals surface area contributed by atoms with Crippen molar-refractivity contribution in [3.05, 3.63) is 103 Å². The fourth-order valence-corrected chi connectivity index (χ4v) is 5.61. The van der Waals surface area contributed by atoms with Crippen molar-refractivity contribution in [2.24, 2.45) is 0 Å². The lowest BCUT2D eigenvalue weighted by atomic mass is 10.1. The number of hydrogen-bond acceptors (Lipinski definition) is 7. The Bertz CT molecular complexity index is 1570. The fraction of sp³-hybridized carbons (Fsp3) is 0.167. The van der Waals surface area contributed by atoms with Crippen molar-refractivity contribution in [2.45, 2.75) is 4.90 Å². The molecule has 0 bridgehead atoms. The minimum atomic E-state index is -4.03. The first kappa shape index (κ1) is 27.0. The van der Waals surface area contributed by atoms with Gasteiger partial charge in [0.05, 0.1) is 31.6 Å². The number of benzene rings is 4. The highest BCUT2D eigenvalue weighted by molar-refractivity contribution is 7.92. The van der Waals surface area contributed by atoms with Crippen LogP contribution in [0.1, 0.15) is 10.4 Å². The predicted octanol–water partition coefficient (Wildman–Crippen LogP) is 5.38. The summed E-state index contributed by atoms with van der Waals surface area (Å²) >= 11 is 0. The number of sulfonamides is 1. The minimum absolute atomic E-state index is 0.0387. The van der Waals surface area contributed by atoms with Crippen LogP contribution in [-0.4, -0.2) is 47.7 Å². The molecule has 1 aliphatic rings. The zero-order valence-electron chi connectivity index (χ0n) is 21.9. The quantitative estimate of drug-likeness (QED) is 0.284. The molecule has 10 heteroatoms. The van der Waals surface area contributed by atoms with Gasteiger partial charge in [0.2, 0.25) is 0 Å². The molecule has 40 heavy (non-hydrogen) atoms. The van der Waals surface area contributed by atoms with Gasteiger partial charge in [0.25, 0.3) is 15.9 Å². The van der Waals surface area contributed by atoms with E-state index in [2.05, 4.69) is 10.0 Å². The van der Waals surface area contributed by atoms with E-state index in [9.17, 15) is 13.2 Å². The molecule has 9 nitrogen and oxygen atoms in total. The summed E-state index contributed by atoms with van der Waals surface area (Å²) < 4.78 is 46.5. The molecule has 2 N–H and O–H groups in total. The largest absolute Gasteiger partial charge is 0.497 e. The van der Waals surface area contributed by atoms with Crippen molar-refractivity contribution >= 4 is 33.0 Å². The van der Waals surface area contributed by atoms with Gasteiger partial charge < -0.3 is 24.4 Å². The monoisotopic (exact) mass is 559 g/mol. The highest BCUT2D eigenvalue weighted by atomic mass is 32.2. The average Bonchev–Trinajstić information content (AvgIpc) is 2.98. The summed E-state index contributed by atoms with van der Waals surface area (Å²) in [6.07, 6.45) is 0. The van der Waals surface area contributed by atoms with Crippen LogP contribution in [0.15, 0.2) is 102 Å². The van der Waals surface area contributed by atoms with Crippen molar-refractivity contribution < 1.29 is 27.4 Å². The van der Waals surface area contributed by atoms with Crippen LogP contribution in [0.5, 0.6) is 17.2 Å². The average molecular weight is 560 g/mol. The molecule has 1 amide bonds. The number of anilines is 3. The van der Waals surface area contributed by atoms with E-state index in [1.807, 2.05) is 23.1 Å².